The van der Waals surface area contributed by atoms with Gasteiger partial charge in [-0.25, -0.2) is 4.98 Å². The zero-order chi connectivity index (χ0) is 18.5. The Balaban J connectivity index is 1.69. The first-order chi connectivity index (χ1) is 12.6. The van der Waals surface area contributed by atoms with Gasteiger partial charge in [-0.3, -0.25) is 9.36 Å². The highest BCUT2D eigenvalue weighted by Crippen LogP contribution is 2.25. The van der Waals surface area contributed by atoms with Crippen LogP contribution in [0.25, 0.3) is 5.69 Å². The fourth-order valence-corrected chi connectivity index (χ4v) is 3.51. The number of rotatable bonds is 6. The number of benzene rings is 2. The molecule has 1 aromatic heterocycles. The number of carbonyl (C=O) groups is 1. The second-order valence-electron chi connectivity index (χ2n) is 6.22. The Bertz CT molecular complexity index is 886. The van der Waals surface area contributed by atoms with Crippen LogP contribution in [0.4, 0.5) is 5.69 Å². The van der Waals surface area contributed by atoms with Crippen molar-refractivity contribution in [1.29, 1.82) is 0 Å². The fraction of sp³-hybridized carbons (Fsp3) is 0.238. The zero-order valence-electron chi connectivity index (χ0n) is 15.3. The lowest BCUT2D eigenvalue weighted by atomic mass is 10.1. The van der Waals surface area contributed by atoms with Crippen molar-refractivity contribution in [1.82, 2.24) is 9.55 Å². The van der Waals surface area contributed by atoms with Gasteiger partial charge in [0, 0.05) is 23.8 Å². The molecule has 0 radical (unpaired) electrons. The maximum atomic E-state index is 12.5. The smallest absolute Gasteiger partial charge is 0.237 e. The van der Waals surface area contributed by atoms with E-state index in [-0.39, 0.29) is 11.2 Å². The summed E-state index contributed by atoms with van der Waals surface area (Å²) in [5.41, 5.74) is 4.31. The van der Waals surface area contributed by atoms with Crippen LogP contribution in [0.3, 0.4) is 0 Å². The van der Waals surface area contributed by atoms with Gasteiger partial charge < -0.3 is 5.32 Å². The standard InChI is InChI=1S/C21H23N3OS/c1-4-17-8-10-18(11-9-17)23-20(25)16(3)26-21-22-12-13-24(21)19-7-5-6-15(2)14-19/h5-14,16H,4H2,1-3H3,(H,23,25). The van der Waals surface area contributed by atoms with Crippen LogP contribution in [-0.2, 0) is 11.2 Å². The minimum atomic E-state index is -0.258. The summed E-state index contributed by atoms with van der Waals surface area (Å²) in [6, 6.07) is 16.2. The molecule has 0 aliphatic rings. The molecule has 0 spiro atoms. The van der Waals surface area contributed by atoms with Gasteiger partial charge in [-0.15, -0.1) is 0 Å². The van der Waals surface area contributed by atoms with E-state index in [1.165, 1.54) is 22.9 Å². The normalized spacial score (nSPS) is 12.0. The second kappa shape index (κ2) is 8.23. The van der Waals surface area contributed by atoms with Gasteiger partial charge >= 0.3 is 0 Å². The minimum Gasteiger partial charge on any atom is -0.325 e. The van der Waals surface area contributed by atoms with Crippen molar-refractivity contribution < 1.29 is 4.79 Å². The summed E-state index contributed by atoms with van der Waals surface area (Å²) in [5.74, 6) is -0.0296. The summed E-state index contributed by atoms with van der Waals surface area (Å²) in [4.78, 5) is 16.9. The maximum Gasteiger partial charge on any atom is 0.237 e. The van der Waals surface area contributed by atoms with Crippen molar-refractivity contribution in [3.63, 3.8) is 0 Å². The Morgan fingerprint density at radius 2 is 2.00 bits per heavy atom. The lowest BCUT2D eigenvalue weighted by Gasteiger charge is -2.13. The molecule has 0 aliphatic heterocycles. The number of amides is 1. The molecule has 1 atom stereocenters. The summed E-state index contributed by atoms with van der Waals surface area (Å²) < 4.78 is 2.01. The van der Waals surface area contributed by atoms with Gasteiger partial charge in [0.2, 0.25) is 5.91 Å². The highest BCUT2D eigenvalue weighted by molar-refractivity contribution is 8.00. The summed E-state index contributed by atoms with van der Waals surface area (Å²) >= 11 is 1.45. The first kappa shape index (κ1) is 18.3. The zero-order valence-corrected chi connectivity index (χ0v) is 16.1. The molecule has 0 bridgehead atoms. The van der Waals surface area contributed by atoms with Gasteiger partial charge in [0.05, 0.1) is 5.25 Å². The molecule has 1 N–H and O–H groups in total. The number of anilines is 1. The molecule has 26 heavy (non-hydrogen) atoms. The molecule has 3 rings (SSSR count). The Morgan fingerprint density at radius 1 is 1.23 bits per heavy atom. The molecule has 0 fully saturated rings. The fourth-order valence-electron chi connectivity index (χ4n) is 2.63. The van der Waals surface area contributed by atoms with Crippen molar-refractivity contribution in [2.24, 2.45) is 0 Å². The topological polar surface area (TPSA) is 46.9 Å². The number of hydrogen-bond acceptors (Lipinski definition) is 3. The summed E-state index contributed by atoms with van der Waals surface area (Å²) in [7, 11) is 0. The van der Waals surface area contributed by atoms with Crippen LogP contribution in [0, 0.1) is 6.92 Å². The second-order valence-corrected chi connectivity index (χ2v) is 7.53. The number of nitrogens with zero attached hydrogens (tertiary/aromatic N) is 2. The summed E-state index contributed by atoms with van der Waals surface area (Å²) in [6.07, 6.45) is 4.67. The highest BCUT2D eigenvalue weighted by atomic mass is 32.2. The molecule has 134 valence electrons. The van der Waals surface area contributed by atoms with E-state index in [1.54, 1.807) is 6.20 Å². The molecular formula is C21H23N3OS. The number of imidazole rings is 1. The van der Waals surface area contributed by atoms with Gasteiger partial charge in [-0.2, -0.15) is 0 Å². The minimum absolute atomic E-state index is 0.0296. The first-order valence-corrected chi connectivity index (χ1v) is 9.61. The molecule has 1 amide bonds. The van der Waals surface area contributed by atoms with Crippen molar-refractivity contribution in [2.45, 2.75) is 37.6 Å². The lowest BCUT2D eigenvalue weighted by Crippen LogP contribution is -2.22. The monoisotopic (exact) mass is 365 g/mol. The third-order valence-corrected chi connectivity index (χ3v) is 5.25. The average molecular weight is 366 g/mol. The molecule has 5 heteroatoms. The third-order valence-electron chi connectivity index (χ3n) is 4.17. The van der Waals surface area contributed by atoms with E-state index in [0.717, 1.165) is 23.0 Å². The summed E-state index contributed by atoms with van der Waals surface area (Å²) in [6.45, 7) is 6.07. The number of carbonyl (C=O) groups excluding carboxylic acids is 1. The van der Waals surface area contributed by atoms with Crippen molar-refractivity contribution in [3.8, 4) is 5.69 Å². The third kappa shape index (κ3) is 4.35. The first-order valence-electron chi connectivity index (χ1n) is 8.73. The lowest BCUT2D eigenvalue weighted by molar-refractivity contribution is -0.115. The predicted molar refractivity (Wildman–Crippen MR) is 108 cm³/mol. The largest absolute Gasteiger partial charge is 0.325 e. The van der Waals surface area contributed by atoms with Crippen LogP contribution in [0.2, 0.25) is 0 Å². The Morgan fingerprint density at radius 3 is 2.69 bits per heavy atom. The van der Waals surface area contributed by atoms with Gasteiger partial charge in [0.1, 0.15) is 0 Å². The van der Waals surface area contributed by atoms with E-state index < -0.39 is 0 Å². The molecular weight excluding hydrogens is 342 g/mol. The number of nitrogens with one attached hydrogen (secondary N) is 1. The molecule has 0 saturated carbocycles. The van der Waals surface area contributed by atoms with Gasteiger partial charge in [0.25, 0.3) is 0 Å². The van der Waals surface area contributed by atoms with Crippen molar-refractivity contribution >= 4 is 23.4 Å². The van der Waals surface area contributed by atoms with Gasteiger partial charge in [0.15, 0.2) is 5.16 Å². The average Bonchev–Trinajstić information content (AvgIpc) is 3.10. The quantitative estimate of drug-likeness (QED) is 0.635. The number of aromatic nitrogens is 2. The molecule has 1 heterocycles. The van der Waals surface area contributed by atoms with Crippen LogP contribution >= 0.6 is 11.8 Å². The Labute approximate surface area is 158 Å². The summed E-state index contributed by atoms with van der Waals surface area (Å²) in [5, 5.41) is 3.52. The van der Waals surface area contributed by atoms with Crippen molar-refractivity contribution in [2.75, 3.05) is 5.32 Å². The SMILES string of the molecule is CCc1ccc(NC(=O)C(C)Sc2nccn2-c2cccc(C)c2)cc1. The van der Waals surface area contributed by atoms with Crippen LogP contribution in [0.15, 0.2) is 66.1 Å². The maximum absolute atomic E-state index is 12.5. The van der Waals surface area contributed by atoms with Crippen LogP contribution < -0.4 is 5.32 Å². The van der Waals surface area contributed by atoms with Gasteiger partial charge in [-0.05, 0) is 55.7 Å². The van der Waals surface area contributed by atoms with E-state index in [1.807, 2.05) is 54.1 Å². The number of thioether (sulfide) groups is 1. The van der Waals surface area contributed by atoms with Crippen molar-refractivity contribution in [3.05, 3.63) is 72.1 Å². The molecule has 1 unspecified atom stereocenters. The van der Waals surface area contributed by atoms with Gasteiger partial charge in [-0.1, -0.05) is 43.0 Å². The van der Waals surface area contributed by atoms with E-state index in [4.69, 9.17) is 0 Å². The molecule has 0 saturated heterocycles. The predicted octanol–water partition coefficient (Wildman–Crippen LogP) is 4.86. The van der Waals surface area contributed by atoms with Crippen LogP contribution in [-0.4, -0.2) is 20.7 Å². The van der Waals surface area contributed by atoms with E-state index in [9.17, 15) is 4.79 Å². The van der Waals surface area contributed by atoms with E-state index in [2.05, 4.69) is 36.3 Å². The number of aryl methyl sites for hydroxylation is 2. The molecule has 0 aliphatic carbocycles. The Kier molecular flexibility index (Phi) is 5.78. The highest BCUT2D eigenvalue weighted by Gasteiger charge is 2.18. The molecule has 2 aromatic carbocycles. The van der Waals surface area contributed by atoms with Crippen LogP contribution in [0.5, 0.6) is 0 Å². The number of hydrogen-bond donors (Lipinski definition) is 1. The van der Waals surface area contributed by atoms with Crippen LogP contribution in [0.1, 0.15) is 25.0 Å². The Hall–Kier alpha value is -2.53. The molecule has 4 nitrogen and oxygen atoms in total. The van der Waals surface area contributed by atoms with E-state index >= 15 is 0 Å². The molecule has 3 aromatic rings. The van der Waals surface area contributed by atoms with E-state index in [0.29, 0.717) is 0 Å².